The van der Waals surface area contributed by atoms with E-state index >= 15 is 0 Å². The van der Waals surface area contributed by atoms with E-state index in [9.17, 15) is 5.11 Å². The van der Waals surface area contributed by atoms with E-state index in [1.54, 1.807) is 23.0 Å². The molecule has 1 heterocycles. The Morgan fingerprint density at radius 2 is 1.83 bits per heavy atom. The smallest absolute Gasteiger partial charge is 0.0963 e. The van der Waals surface area contributed by atoms with Crippen LogP contribution >= 0.6 is 23.2 Å². The molecule has 0 saturated heterocycles. The molecule has 3 rings (SSSR count). The molecule has 2 aromatic carbocycles. The van der Waals surface area contributed by atoms with Crippen LogP contribution in [0.4, 0.5) is 0 Å². The first kappa shape index (κ1) is 17.0. The fourth-order valence-electron chi connectivity index (χ4n) is 2.58. The molecule has 0 saturated carbocycles. The summed E-state index contributed by atoms with van der Waals surface area (Å²) >= 11 is 12.4. The third kappa shape index (κ3) is 3.47. The lowest BCUT2D eigenvalue weighted by atomic mass is 10.0. The van der Waals surface area contributed by atoms with E-state index in [0.717, 1.165) is 22.5 Å². The van der Waals surface area contributed by atoms with Crippen molar-refractivity contribution in [2.45, 2.75) is 12.6 Å². The highest BCUT2D eigenvalue weighted by molar-refractivity contribution is 6.36. The normalized spacial score (nSPS) is 12.3. The molecular formula is C18H16Cl2N2O2. The van der Waals surface area contributed by atoms with Crippen LogP contribution in [0.1, 0.15) is 0 Å². The topological polar surface area (TPSA) is 58.3 Å². The van der Waals surface area contributed by atoms with Crippen molar-refractivity contribution >= 4 is 23.2 Å². The first-order valence-electron chi connectivity index (χ1n) is 7.45. The molecule has 0 aliphatic carbocycles. The minimum atomic E-state index is -0.882. The predicted molar refractivity (Wildman–Crippen MR) is 96.2 cm³/mol. The van der Waals surface area contributed by atoms with E-state index < -0.39 is 6.10 Å². The molecule has 0 unspecified atom stereocenters. The Labute approximate surface area is 149 Å². The van der Waals surface area contributed by atoms with Gasteiger partial charge in [-0.2, -0.15) is 0 Å². The summed E-state index contributed by atoms with van der Waals surface area (Å²) in [6.45, 7) is -0.114. The maximum Gasteiger partial charge on any atom is 0.0963 e. The summed E-state index contributed by atoms with van der Waals surface area (Å²) in [7, 11) is 0. The third-order valence-corrected chi connectivity index (χ3v) is 4.24. The van der Waals surface area contributed by atoms with Crippen LogP contribution in [-0.4, -0.2) is 32.5 Å². The van der Waals surface area contributed by atoms with Gasteiger partial charge in [0.15, 0.2) is 0 Å². The van der Waals surface area contributed by atoms with E-state index in [-0.39, 0.29) is 13.2 Å². The molecule has 3 aromatic rings. The molecular weight excluding hydrogens is 347 g/mol. The first-order valence-corrected chi connectivity index (χ1v) is 8.20. The van der Waals surface area contributed by atoms with Gasteiger partial charge in [-0.25, -0.2) is 4.98 Å². The number of aliphatic hydroxyl groups excluding tert-OH is 2. The molecule has 4 nitrogen and oxygen atoms in total. The van der Waals surface area contributed by atoms with E-state index in [4.69, 9.17) is 28.3 Å². The summed E-state index contributed by atoms with van der Waals surface area (Å²) in [6, 6.07) is 15.0. The third-order valence-electron chi connectivity index (χ3n) is 3.69. The van der Waals surface area contributed by atoms with Crippen molar-refractivity contribution in [2.24, 2.45) is 0 Å². The van der Waals surface area contributed by atoms with E-state index in [1.807, 2.05) is 36.4 Å². The van der Waals surface area contributed by atoms with Crippen molar-refractivity contribution in [2.75, 3.05) is 6.61 Å². The van der Waals surface area contributed by atoms with Gasteiger partial charge in [0.1, 0.15) is 0 Å². The molecule has 6 heteroatoms. The highest BCUT2D eigenvalue weighted by Crippen LogP contribution is 2.36. The predicted octanol–water partition coefficient (Wildman–Crippen LogP) is 3.88. The van der Waals surface area contributed by atoms with Crippen LogP contribution in [0.5, 0.6) is 0 Å². The second-order valence-electron chi connectivity index (χ2n) is 5.42. The van der Waals surface area contributed by atoms with Crippen LogP contribution in [0.15, 0.2) is 54.9 Å². The maximum atomic E-state index is 9.82. The van der Waals surface area contributed by atoms with Gasteiger partial charge in [0.25, 0.3) is 0 Å². The number of benzene rings is 2. The quantitative estimate of drug-likeness (QED) is 0.723. The average molecular weight is 363 g/mol. The summed E-state index contributed by atoms with van der Waals surface area (Å²) in [6.07, 6.45) is 0.759. The minimum absolute atomic E-state index is 0.213. The molecule has 0 fully saturated rings. The number of aliphatic hydroxyl groups is 2. The van der Waals surface area contributed by atoms with Gasteiger partial charge in [0, 0.05) is 16.1 Å². The van der Waals surface area contributed by atoms with Crippen molar-refractivity contribution in [3.05, 3.63) is 64.9 Å². The van der Waals surface area contributed by atoms with Crippen LogP contribution in [0, 0.1) is 0 Å². The van der Waals surface area contributed by atoms with Crippen LogP contribution in [0.3, 0.4) is 0 Å². The van der Waals surface area contributed by atoms with Gasteiger partial charge in [-0.15, -0.1) is 0 Å². The molecule has 0 aliphatic rings. The summed E-state index contributed by atoms with van der Waals surface area (Å²) in [4.78, 5) is 4.49. The van der Waals surface area contributed by atoms with Crippen molar-refractivity contribution in [1.82, 2.24) is 9.55 Å². The molecule has 0 aliphatic heterocycles. The SMILES string of the molecule is OC[C@@H](O)Cn1cnc(-c2ccccc2)c1-c1ccc(Cl)cc1Cl. The number of rotatable bonds is 5. The second kappa shape index (κ2) is 7.36. The van der Waals surface area contributed by atoms with Crippen LogP contribution < -0.4 is 0 Å². The molecule has 0 spiro atoms. The lowest BCUT2D eigenvalue weighted by molar-refractivity contribution is 0.0815. The minimum Gasteiger partial charge on any atom is -0.394 e. The van der Waals surface area contributed by atoms with Crippen molar-refractivity contribution in [1.29, 1.82) is 0 Å². The summed E-state index contributed by atoms with van der Waals surface area (Å²) in [5.74, 6) is 0. The van der Waals surface area contributed by atoms with Crippen LogP contribution in [0.25, 0.3) is 22.5 Å². The zero-order valence-corrected chi connectivity index (χ0v) is 14.2. The molecule has 0 bridgehead atoms. The van der Waals surface area contributed by atoms with E-state index in [0.29, 0.717) is 10.0 Å². The molecule has 0 amide bonds. The van der Waals surface area contributed by atoms with Gasteiger partial charge in [-0.1, -0.05) is 53.5 Å². The van der Waals surface area contributed by atoms with Gasteiger partial charge in [-0.3, -0.25) is 0 Å². The Balaban J connectivity index is 2.17. The van der Waals surface area contributed by atoms with Gasteiger partial charge in [0.05, 0.1) is 42.0 Å². The zero-order chi connectivity index (χ0) is 17.1. The number of imidazole rings is 1. The van der Waals surface area contributed by atoms with Crippen molar-refractivity contribution < 1.29 is 10.2 Å². The number of halogens is 2. The lowest BCUT2D eigenvalue weighted by Gasteiger charge is -2.14. The lowest BCUT2D eigenvalue weighted by Crippen LogP contribution is -2.19. The summed E-state index contributed by atoms with van der Waals surface area (Å²) < 4.78 is 1.79. The van der Waals surface area contributed by atoms with Crippen molar-refractivity contribution in [3.63, 3.8) is 0 Å². The fraction of sp³-hybridized carbons (Fsp3) is 0.167. The van der Waals surface area contributed by atoms with Crippen LogP contribution in [0.2, 0.25) is 10.0 Å². The Morgan fingerprint density at radius 1 is 1.08 bits per heavy atom. The fourth-order valence-corrected chi connectivity index (χ4v) is 3.07. The second-order valence-corrected chi connectivity index (χ2v) is 6.26. The molecule has 124 valence electrons. The number of hydrogen-bond donors (Lipinski definition) is 2. The van der Waals surface area contributed by atoms with E-state index in [1.165, 1.54) is 0 Å². The number of hydrogen-bond acceptors (Lipinski definition) is 3. The standard InChI is InChI=1S/C18H16Cl2N2O2/c19-13-6-7-15(16(20)8-13)18-17(12-4-2-1-3-5-12)21-11-22(18)9-14(24)10-23/h1-8,11,14,23-24H,9-10H2/t14-/m0/s1. The maximum absolute atomic E-state index is 9.82. The molecule has 1 aromatic heterocycles. The van der Waals surface area contributed by atoms with Crippen LogP contribution in [-0.2, 0) is 6.54 Å². The van der Waals surface area contributed by atoms with Crippen molar-refractivity contribution in [3.8, 4) is 22.5 Å². The summed E-state index contributed by atoms with van der Waals surface area (Å²) in [5.41, 5.74) is 3.23. The van der Waals surface area contributed by atoms with Gasteiger partial charge in [-0.05, 0) is 18.2 Å². The first-order chi connectivity index (χ1) is 11.6. The van der Waals surface area contributed by atoms with Gasteiger partial charge < -0.3 is 14.8 Å². The Morgan fingerprint density at radius 3 is 2.50 bits per heavy atom. The average Bonchev–Trinajstić information content (AvgIpc) is 2.99. The summed E-state index contributed by atoms with van der Waals surface area (Å²) in [5, 5.41) is 20.0. The zero-order valence-electron chi connectivity index (χ0n) is 12.7. The molecule has 24 heavy (non-hydrogen) atoms. The van der Waals surface area contributed by atoms with Gasteiger partial charge in [0.2, 0.25) is 0 Å². The van der Waals surface area contributed by atoms with E-state index in [2.05, 4.69) is 4.98 Å². The molecule has 2 N–H and O–H groups in total. The van der Waals surface area contributed by atoms with Gasteiger partial charge >= 0.3 is 0 Å². The Hall–Kier alpha value is -1.85. The number of nitrogens with zero attached hydrogens (tertiary/aromatic N) is 2. The highest BCUT2D eigenvalue weighted by atomic mass is 35.5. The Bertz CT molecular complexity index is 834. The number of aromatic nitrogens is 2. The largest absolute Gasteiger partial charge is 0.394 e. The molecule has 1 atom stereocenters. The Kier molecular flexibility index (Phi) is 5.21. The molecule has 0 radical (unpaired) electrons. The monoisotopic (exact) mass is 362 g/mol. The highest BCUT2D eigenvalue weighted by Gasteiger charge is 2.19.